The zero-order valence-corrected chi connectivity index (χ0v) is 13.0. The Morgan fingerprint density at radius 3 is 3.00 bits per heavy atom. The van der Waals surface area contributed by atoms with Crippen LogP contribution in [0.2, 0.25) is 0 Å². The topological polar surface area (TPSA) is 51.2 Å². The van der Waals surface area contributed by atoms with Crippen LogP contribution in [0.1, 0.15) is 17.2 Å². The molecule has 0 fully saturated rings. The number of amides is 1. The summed E-state index contributed by atoms with van der Waals surface area (Å²) in [4.78, 5) is 16.1. The average molecular weight is 314 g/mol. The summed E-state index contributed by atoms with van der Waals surface area (Å²) < 4.78 is 5.78. The number of carbonyl (C=O) groups is 1. The van der Waals surface area contributed by atoms with Crippen LogP contribution < -0.4 is 5.32 Å². The molecular formula is C17H18N2O2S. The van der Waals surface area contributed by atoms with Gasteiger partial charge >= 0.3 is 0 Å². The Balaban J connectivity index is 1.50. The molecule has 22 heavy (non-hydrogen) atoms. The summed E-state index contributed by atoms with van der Waals surface area (Å²) in [6, 6.07) is 13.9. The summed E-state index contributed by atoms with van der Waals surface area (Å²) in [5, 5.41) is 3.81. The minimum absolute atomic E-state index is 0.00214. The van der Waals surface area contributed by atoms with E-state index in [4.69, 9.17) is 4.74 Å². The van der Waals surface area contributed by atoms with Crippen molar-refractivity contribution in [2.45, 2.75) is 17.6 Å². The van der Waals surface area contributed by atoms with Gasteiger partial charge in [0, 0.05) is 12.7 Å². The predicted octanol–water partition coefficient (Wildman–Crippen LogP) is 2.60. The molecule has 1 amide bonds. The number of benzene rings is 1. The van der Waals surface area contributed by atoms with Crippen LogP contribution in [0.4, 0.5) is 0 Å². The van der Waals surface area contributed by atoms with E-state index >= 15 is 0 Å². The van der Waals surface area contributed by atoms with Crippen LogP contribution in [0.3, 0.4) is 0 Å². The number of carbonyl (C=O) groups excluding carboxylic acids is 1. The van der Waals surface area contributed by atoms with Crippen LogP contribution in [0.25, 0.3) is 0 Å². The smallest absolute Gasteiger partial charge is 0.230 e. The van der Waals surface area contributed by atoms with Gasteiger partial charge in [0.2, 0.25) is 5.91 Å². The maximum Gasteiger partial charge on any atom is 0.230 e. The molecule has 1 aromatic heterocycles. The average Bonchev–Trinajstić information content (AvgIpc) is 2.59. The second kappa shape index (κ2) is 7.42. The van der Waals surface area contributed by atoms with Crippen molar-refractivity contribution in [3.05, 3.63) is 59.8 Å². The Morgan fingerprint density at radius 2 is 2.14 bits per heavy atom. The van der Waals surface area contributed by atoms with E-state index in [1.165, 1.54) is 22.9 Å². The molecule has 1 aliphatic rings. The Hall–Kier alpha value is -1.85. The molecule has 114 valence electrons. The Bertz CT molecular complexity index is 634. The molecule has 1 aromatic carbocycles. The number of aromatic nitrogens is 1. The van der Waals surface area contributed by atoms with Crippen LogP contribution in [-0.2, 0) is 16.0 Å². The molecule has 5 heteroatoms. The number of rotatable bonds is 5. The Kier molecular flexibility index (Phi) is 5.08. The quantitative estimate of drug-likeness (QED) is 0.862. The molecule has 3 rings (SSSR count). The molecule has 0 saturated heterocycles. The van der Waals surface area contributed by atoms with E-state index in [-0.39, 0.29) is 12.0 Å². The van der Waals surface area contributed by atoms with E-state index in [1.807, 2.05) is 30.3 Å². The fourth-order valence-electron chi connectivity index (χ4n) is 2.48. The lowest BCUT2D eigenvalue weighted by atomic mass is 9.97. The lowest BCUT2D eigenvalue weighted by Crippen LogP contribution is -2.32. The van der Waals surface area contributed by atoms with Gasteiger partial charge in [-0.25, -0.2) is 4.98 Å². The molecule has 2 aromatic rings. The van der Waals surface area contributed by atoms with Crippen LogP contribution >= 0.6 is 11.8 Å². The molecule has 1 aliphatic heterocycles. The van der Waals surface area contributed by atoms with Gasteiger partial charge < -0.3 is 10.1 Å². The normalized spacial score (nSPS) is 16.8. The number of hydrogen-bond donors (Lipinski definition) is 1. The van der Waals surface area contributed by atoms with Crippen molar-refractivity contribution in [2.75, 3.05) is 18.9 Å². The minimum Gasteiger partial charge on any atom is -0.371 e. The van der Waals surface area contributed by atoms with Crippen molar-refractivity contribution < 1.29 is 9.53 Å². The molecule has 1 atom stereocenters. The van der Waals surface area contributed by atoms with Crippen molar-refractivity contribution in [1.29, 1.82) is 0 Å². The highest BCUT2D eigenvalue weighted by Gasteiger charge is 2.20. The molecule has 0 radical (unpaired) electrons. The molecule has 2 heterocycles. The predicted molar refractivity (Wildman–Crippen MR) is 86.8 cm³/mol. The van der Waals surface area contributed by atoms with Gasteiger partial charge in [0.05, 0.1) is 17.4 Å². The van der Waals surface area contributed by atoms with Crippen LogP contribution in [-0.4, -0.2) is 29.8 Å². The van der Waals surface area contributed by atoms with Gasteiger partial charge in [0.15, 0.2) is 0 Å². The van der Waals surface area contributed by atoms with Gasteiger partial charge in [0.1, 0.15) is 6.10 Å². The maximum atomic E-state index is 12.0. The summed E-state index contributed by atoms with van der Waals surface area (Å²) >= 11 is 1.44. The van der Waals surface area contributed by atoms with E-state index in [9.17, 15) is 4.79 Å². The van der Waals surface area contributed by atoms with Crippen molar-refractivity contribution in [2.24, 2.45) is 0 Å². The summed E-state index contributed by atoms with van der Waals surface area (Å²) in [5.41, 5.74) is 2.50. The zero-order chi connectivity index (χ0) is 15.2. The maximum absolute atomic E-state index is 12.0. The molecule has 0 aliphatic carbocycles. The largest absolute Gasteiger partial charge is 0.371 e. The third-order valence-electron chi connectivity index (χ3n) is 3.57. The highest BCUT2D eigenvalue weighted by molar-refractivity contribution is 7.99. The monoisotopic (exact) mass is 314 g/mol. The zero-order valence-electron chi connectivity index (χ0n) is 12.2. The highest BCUT2D eigenvalue weighted by atomic mass is 32.2. The standard InChI is InChI=1S/C17H18N2O2S/c20-16(12-22-17-7-3-4-9-18-17)19-11-15-14-6-2-1-5-13(14)8-10-21-15/h1-7,9,15H,8,10-12H2,(H,19,20)/t15-/m0/s1. The molecule has 0 unspecified atom stereocenters. The van der Waals surface area contributed by atoms with Gasteiger partial charge in [-0.2, -0.15) is 0 Å². The van der Waals surface area contributed by atoms with Crippen molar-refractivity contribution >= 4 is 17.7 Å². The first-order chi connectivity index (χ1) is 10.8. The van der Waals surface area contributed by atoms with Crippen LogP contribution in [0, 0.1) is 0 Å². The third kappa shape index (κ3) is 3.87. The number of nitrogens with zero attached hydrogens (tertiary/aromatic N) is 1. The van der Waals surface area contributed by atoms with Crippen molar-refractivity contribution in [3.8, 4) is 0 Å². The molecule has 1 N–H and O–H groups in total. The number of hydrogen-bond acceptors (Lipinski definition) is 4. The first-order valence-corrected chi connectivity index (χ1v) is 8.31. The summed E-state index contributed by atoms with van der Waals surface area (Å²) in [6.45, 7) is 1.22. The second-order valence-corrected chi connectivity index (χ2v) is 6.06. The van der Waals surface area contributed by atoms with Crippen molar-refractivity contribution in [3.63, 3.8) is 0 Å². The number of fused-ring (bicyclic) bond motifs is 1. The van der Waals surface area contributed by atoms with E-state index in [1.54, 1.807) is 6.20 Å². The number of nitrogens with one attached hydrogen (secondary N) is 1. The third-order valence-corrected chi connectivity index (χ3v) is 4.51. The lowest BCUT2D eigenvalue weighted by molar-refractivity contribution is -0.119. The SMILES string of the molecule is O=C(CSc1ccccn1)NC[C@@H]1OCCc2ccccc21. The van der Waals surface area contributed by atoms with Gasteiger partial charge in [-0.15, -0.1) is 0 Å². The van der Waals surface area contributed by atoms with E-state index in [2.05, 4.69) is 22.4 Å². The first-order valence-electron chi connectivity index (χ1n) is 7.33. The summed E-state index contributed by atoms with van der Waals surface area (Å²) in [7, 11) is 0. The lowest BCUT2D eigenvalue weighted by Gasteiger charge is -2.26. The van der Waals surface area contributed by atoms with Crippen LogP contribution in [0.5, 0.6) is 0 Å². The van der Waals surface area contributed by atoms with E-state index < -0.39 is 0 Å². The van der Waals surface area contributed by atoms with Gasteiger partial charge in [-0.1, -0.05) is 42.1 Å². The number of ether oxygens (including phenoxy) is 1. The molecule has 4 nitrogen and oxygen atoms in total. The molecular weight excluding hydrogens is 296 g/mol. The van der Waals surface area contributed by atoms with Gasteiger partial charge in [-0.05, 0) is 29.7 Å². The number of pyridine rings is 1. The van der Waals surface area contributed by atoms with Crippen LogP contribution in [0.15, 0.2) is 53.7 Å². The minimum atomic E-state index is -0.0475. The molecule has 0 bridgehead atoms. The Labute approximate surface area is 134 Å². The molecule has 0 spiro atoms. The number of thioether (sulfide) groups is 1. The second-order valence-electron chi connectivity index (χ2n) is 5.07. The summed E-state index contributed by atoms with van der Waals surface area (Å²) in [5.74, 6) is 0.369. The van der Waals surface area contributed by atoms with Crippen molar-refractivity contribution in [1.82, 2.24) is 10.3 Å². The van der Waals surface area contributed by atoms with E-state index in [0.717, 1.165) is 11.4 Å². The fourth-order valence-corrected chi connectivity index (χ4v) is 3.17. The summed E-state index contributed by atoms with van der Waals surface area (Å²) in [6.07, 6.45) is 2.62. The van der Waals surface area contributed by atoms with Gasteiger partial charge in [-0.3, -0.25) is 4.79 Å². The first kappa shape index (κ1) is 15.1. The fraction of sp³-hybridized carbons (Fsp3) is 0.294. The van der Waals surface area contributed by atoms with Gasteiger partial charge in [0.25, 0.3) is 0 Å². The Morgan fingerprint density at radius 1 is 1.27 bits per heavy atom. The highest BCUT2D eigenvalue weighted by Crippen LogP contribution is 2.26. The molecule has 0 saturated carbocycles. The van der Waals surface area contributed by atoms with E-state index in [0.29, 0.717) is 18.9 Å².